The van der Waals surface area contributed by atoms with Crippen molar-refractivity contribution in [2.45, 2.75) is 94.8 Å². The largest absolute Gasteiger partial charge is 0.453 e. The van der Waals surface area contributed by atoms with Crippen LogP contribution in [0.3, 0.4) is 0 Å². The molecule has 0 spiro atoms. The number of hydrogen-bond acceptors (Lipinski definition) is 10. The molecule has 1 saturated carbocycles. The number of methoxy groups -OCH3 is 2. The predicted octanol–water partition coefficient (Wildman–Crippen LogP) is 6.86. The number of ether oxygens (including phenoxy) is 4. The van der Waals surface area contributed by atoms with Gasteiger partial charge in [-0.05, 0) is 103 Å². The van der Waals surface area contributed by atoms with Gasteiger partial charge in [0.15, 0.2) is 0 Å². The molecule has 2 aromatic heterocycles. The van der Waals surface area contributed by atoms with Crippen LogP contribution in [-0.2, 0) is 28.5 Å². The average Bonchev–Trinajstić information content (AvgIpc) is 3.76. The van der Waals surface area contributed by atoms with Crippen LogP contribution in [0.15, 0.2) is 60.9 Å². The molecular weight excluding hydrogens is 829 g/mol. The molecular formula is C49H62N8O8. The number of carbonyl (C=O) groups excluding carboxylic acids is 4. The molecule has 0 unspecified atom stereocenters. The zero-order valence-electron chi connectivity index (χ0n) is 37.8. The molecule has 2 aromatic carbocycles. The summed E-state index contributed by atoms with van der Waals surface area (Å²) in [5, 5.41) is 5.67. The minimum atomic E-state index is -0.686. The number of nitrogens with zero attached hydrogens (tertiary/aromatic N) is 4. The monoisotopic (exact) mass is 890 g/mol. The van der Waals surface area contributed by atoms with Gasteiger partial charge >= 0.3 is 12.2 Å². The maximum Gasteiger partial charge on any atom is 0.407 e. The highest BCUT2D eigenvalue weighted by atomic mass is 16.5. The van der Waals surface area contributed by atoms with E-state index in [2.05, 4.69) is 83.0 Å². The highest BCUT2D eigenvalue weighted by Gasteiger charge is 2.44. The number of aromatic amines is 2. The molecule has 5 aliphatic rings. The SMILES string of the molecule is COC(=O)N[C@H](C(=O)N1C[C@@H](C)C[C@H]1c1ncc(-c2ccc([C@@H]3C[C@@H]3c3ccc(-c4cnc([C@@H]5C[C@H](C)CN5C(=O)[C@H](NC(=O)OC)C5CCOCC5)[nH]4)cc3)cc2)[nH]1)C1CCOCC1. The Hall–Kier alpha value is -5.74. The minimum absolute atomic E-state index is 0.0283. The lowest BCUT2D eigenvalue weighted by Crippen LogP contribution is -2.53. The van der Waals surface area contributed by atoms with Gasteiger partial charge in [-0.1, -0.05) is 62.4 Å². The molecule has 5 fully saturated rings. The Balaban J connectivity index is 0.826. The van der Waals surface area contributed by atoms with E-state index in [9.17, 15) is 19.2 Å². The number of carbonyl (C=O) groups is 4. The Morgan fingerprint density at radius 3 is 1.37 bits per heavy atom. The highest BCUT2D eigenvalue weighted by molar-refractivity contribution is 5.87. The third kappa shape index (κ3) is 9.65. The zero-order valence-corrected chi connectivity index (χ0v) is 37.8. The maximum absolute atomic E-state index is 14.1. The van der Waals surface area contributed by atoms with Gasteiger partial charge in [-0.25, -0.2) is 19.6 Å². The number of imidazole rings is 2. The fraction of sp³-hybridized carbons (Fsp3) is 0.551. The number of alkyl carbamates (subject to hydrolysis) is 2. The van der Waals surface area contributed by atoms with Crippen LogP contribution in [-0.4, -0.2) is 120 Å². The molecule has 4 N–H and O–H groups in total. The van der Waals surface area contributed by atoms with Gasteiger partial charge in [-0.3, -0.25) is 9.59 Å². The number of aromatic nitrogens is 4. The molecule has 6 heterocycles. The molecule has 0 bridgehead atoms. The normalized spacial score (nSPS) is 25.8. The number of benzene rings is 2. The lowest BCUT2D eigenvalue weighted by molar-refractivity contribution is -0.137. The van der Waals surface area contributed by atoms with Crippen LogP contribution in [0.4, 0.5) is 9.59 Å². The Bertz CT molecular complexity index is 2140. The predicted molar refractivity (Wildman–Crippen MR) is 240 cm³/mol. The van der Waals surface area contributed by atoms with Gasteiger partial charge in [0.1, 0.15) is 23.7 Å². The van der Waals surface area contributed by atoms with Gasteiger partial charge in [-0.15, -0.1) is 0 Å². The van der Waals surface area contributed by atoms with Crippen LogP contribution in [0.2, 0.25) is 0 Å². The summed E-state index contributed by atoms with van der Waals surface area (Å²) >= 11 is 0. The molecule has 4 amide bonds. The molecule has 65 heavy (non-hydrogen) atoms. The molecule has 9 rings (SSSR count). The fourth-order valence-corrected chi connectivity index (χ4v) is 10.7. The Morgan fingerprint density at radius 2 is 1.00 bits per heavy atom. The third-order valence-corrected chi connectivity index (χ3v) is 14.4. The number of nitrogens with one attached hydrogen (secondary N) is 4. The molecule has 1 aliphatic carbocycles. The smallest absolute Gasteiger partial charge is 0.407 e. The lowest BCUT2D eigenvalue weighted by Gasteiger charge is -2.34. The molecule has 16 nitrogen and oxygen atoms in total. The van der Waals surface area contributed by atoms with E-state index in [-0.39, 0.29) is 47.6 Å². The van der Waals surface area contributed by atoms with Crippen molar-refractivity contribution in [3.8, 4) is 22.5 Å². The van der Waals surface area contributed by atoms with Crippen LogP contribution < -0.4 is 10.6 Å². The van der Waals surface area contributed by atoms with Crippen LogP contribution in [0, 0.1) is 23.7 Å². The van der Waals surface area contributed by atoms with E-state index in [1.165, 1.54) is 25.3 Å². The summed E-state index contributed by atoms with van der Waals surface area (Å²) in [5.74, 6) is 2.65. The van der Waals surface area contributed by atoms with Gasteiger partial charge < -0.3 is 49.3 Å². The van der Waals surface area contributed by atoms with Crippen LogP contribution >= 0.6 is 0 Å². The van der Waals surface area contributed by atoms with Crippen molar-refractivity contribution in [2.75, 3.05) is 53.7 Å². The quantitative estimate of drug-likeness (QED) is 0.117. The molecule has 16 heteroatoms. The average molecular weight is 891 g/mol. The minimum Gasteiger partial charge on any atom is -0.453 e. The van der Waals surface area contributed by atoms with Gasteiger partial charge in [0.25, 0.3) is 0 Å². The summed E-state index contributed by atoms with van der Waals surface area (Å²) < 4.78 is 20.9. The maximum atomic E-state index is 14.1. The number of likely N-dealkylation sites (tertiary alicyclic amines) is 2. The van der Waals surface area contributed by atoms with Gasteiger partial charge in [0, 0.05) is 39.5 Å². The number of hydrogen-bond donors (Lipinski definition) is 4. The van der Waals surface area contributed by atoms with Crippen LogP contribution in [0.1, 0.15) is 105 Å². The molecule has 4 aliphatic heterocycles. The first-order valence-electron chi connectivity index (χ1n) is 23.3. The van der Waals surface area contributed by atoms with Crippen molar-refractivity contribution in [1.29, 1.82) is 0 Å². The van der Waals surface area contributed by atoms with E-state index >= 15 is 0 Å². The van der Waals surface area contributed by atoms with Crippen LogP contribution in [0.5, 0.6) is 0 Å². The first kappa shape index (κ1) is 44.5. The summed E-state index contributed by atoms with van der Waals surface area (Å²) in [6.45, 7) is 7.71. The molecule has 0 radical (unpaired) electrons. The summed E-state index contributed by atoms with van der Waals surface area (Å²) in [7, 11) is 2.63. The number of rotatable bonds is 12. The van der Waals surface area contributed by atoms with Crippen molar-refractivity contribution in [3.05, 3.63) is 83.7 Å². The second-order valence-electron chi connectivity index (χ2n) is 18.9. The number of amides is 4. The first-order valence-corrected chi connectivity index (χ1v) is 23.3. The van der Waals surface area contributed by atoms with Crippen molar-refractivity contribution in [1.82, 2.24) is 40.4 Å². The topological polar surface area (TPSA) is 193 Å². The Labute approximate surface area is 379 Å². The summed E-state index contributed by atoms with van der Waals surface area (Å²) in [6.07, 6.45) is 7.90. The second-order valence-corrected chi connectivity index (χ2v) is 18.9. The van der Waals surface area contributed by atoms with E-state index in [0.29, 0.717) is 77.0 Å². The fourth-order valence-electron chi connectivity index (χ4n) is 10.7. The highest BCUT2D eigenvalue weighted by Crippen LogP contribution is 2.55. The number of H-pyrrole nitrogens is 2. The van der Waals surface area contributed by atoms with E-state index in [1.807, 2.05) is 22.2 Å². The molecule has 4 saturated heterocycles. The van der Waals surface area contributed by atoms with Gasteiger partial charge in [-0.2, -0.15) is 0 Å². The van der Waals surface area contributed by atoms with Crippen molar-refractivity contribution in [3.63, 3.8) is 0 Å². The third-order valence-electron chi connectivity index (χ3n) is 14.4. The summed E-state index contributed by atoms with van der Waals surface area (Å²) in [6, 6.07) is 15.6. The van der Waals surface area contributed by atoms with E-state index < -0.39 is 24.3 Å². The zero-order chi connectivity index (χ0) is 45.2. The molecule has 4 aromatic rings. The standard InChI is InChI=1S/C49H62N8O8/c1-28-21-40(56(26-28)46(58)42(54-48(60)62-3)34-13-17-64-18-14-34)44-50-24-38(52-44)32-9-5-30(6-10-32)36-23-37(36)31-7-11-33(12-8-31)39-25-51-45(53-39)41-22-29(2)27-57(41)47(59)43(55-49(61)63-4)35-15-19-65-20-16-35/h5-12,24-25,28-29,34-37,40-43H,13-23,26-27H2,1-4H3,(H,50,52)(H,51,53)(H,54,60)(H,55,61)/t28-,29-,36-,37+,40-,41-,42-,43+/m0/s1. The van der Waals surface area contributed by atoms with Crippen molar-refractivity contribution < 1.29 is 38.1 Å². The van der Waals surface area contributed by atoms with Crippen molar-refractivity contribution in [2.24, 2.45) is 23.7 Å². The summed E-state index contributed by atoms with van der Waals surface area (Å²) in [5.41, 5.74) is 6.44. The lowest BCUT2D eigenvalue weighted by atomic mass is 9.90. The molecule has 8 atom stereocenters. The second kappa shape index (κ2) is 19.4. The van der Waals surface area contributed by atoms with E-state index in [0.717, 1.165) is 53.4 Å². The first-order chi connectivity index (χ1) is 31.6. The molecule has 346 valence electrons. The Kier molecular flexibility index (Phi) is 13.3. The van der Waals surface area contributed by atoms with Gasteiger partial charge in [0.05, 0.1) is 50.1 Å². The van der Waals surface area contributed by atoms with E-state index in [1.54, 1.807) is 0 Å². The van der Waals surface area contributed by atoms with Crippen LogP contribution in [0.25, 0.3) is 22.5 Å². The van der Waals surface area contributed by atoms with E-state index in [4.69, 9.17) is 28.9 Å². The van der Waals surface area contributed by atoms with Crippen molar-refractivity contribution >= 4 is 24.0 Å². The van der Waals surface area contributed by atoms with Gasteiger partial charge in [0.2, 0.25) is 11.8 Å². The summed E-state index contributed by atoms with van der Waals surface area (Å²) in [4.78, 5) is 73.3. The Morgan fingerprint density at radius 1 is 0.615 bits per heavy atom.